The lowest BCUT2D eigenvalue weighted by Gasteiger charge is -2.67. The van der Waals surface area contributed by atoms with Gasteiger partial charge in [0.15, 0.2) is 0 Å². The molecule has 0 amide bonds. The van der Waals surface area contributed by atoms with Crippen LogP contribution in [0.4, 0.5) is 0 Å². The zero-order valence-corrected chi connectivity index (χ0v) is 13.5. The zero-order valence-electron chi connectivity index (χ0n) is 12.7. The van der Waals surface area contributed by atoms with Crippen molar-refractivity contribution in [3.63, 3.8) is 0 Å². The molecule has 1 aromatic rings. The van der Waals surface area contributed by atoms with Crippen molar-refractivity contribution in [2.75, 3.05) is 0 Å². The van der Waals surface area contributed by atoms with Crippen LogP contribution in [0.3, 0.4) is 0 Å². The minimum atomic E-state index is 0.324. The fraction of sp³-hybridized carbons (Fsp3) is 0.824. The van der Waals surface area contributed by atoms with Crippen LogP contribution >= 0.6 is 11.3 Å². The van der Waals surface area contributed by atoms with Crippen LogP contribution in [0.15, 0.2) is 11.7 Å². The SMILES string of the molecule is CC12CC3CC(C)(C1)CC(C(N)Cc1cncs1)(C3)C2. The summed E-state index contributed by atoms with van der Waals surface area (Å²) in [5, 5.41) is 0. The van der Waals surface area contributed by atoms with Crippen LogP contribution in [0.25, 0.3) is 0 Å². The molecule has 1 heterocycles. The van der Waals surface area contributed by atoms with Gasteiger partial charge in [0, 0.05) is 17.1 Å². The van der Waals surface area contributed by atoms with Gasteiger partial charge in [-0.2, -0.15) is 0 Å². The molecule has 0 radical (unpaired) electrons. The average Bonchev–Trinajstić information content (AvgIpc) is 2.76. The van der Waals surface area contributed by atoms with Gasteiger partial charge in [0.2, 0.25) is 0 Å². The highest BCUT2D eigenvalue weighted by molar-refractivity contribution is 7.09. The number of nitrogens with two attached hydrogens (primary N) is 1. The smallest absolute Gasteiger partial charge is 0.0794 e. The standard InChI is InChI=1S/C17H26N2S/c1-15-4-12-5-16(2,8-15)10-17(6-12,9-15)14(18)3-13-7-19-11-20-13/h7,11-12,14H,3-6,8-10,18H2,1-2H3. The van der Waals surface area contributed by atoms with E-state index in [1.807, 2.05) is 11.7 Å². The highest BCUT2D eigenvalue weighted by Crippen LogP contribution is 2.70. The monoisotopic (exact) mass is 290 g/mol. The van der Waals surface area contributed by atoms with Gasteiger partial charge in [-0.05, 0) is 67.1 Å². The number of hydrogen-bond acceptors (Lipinski definition) is 3. The molecule has 2 N–H and O–H groups in total. The van der Waals surface area contributed by atoms with Crippen molar-refractivity contribution in [3.05, 3.63) is 16.6 Å². The lowest BCUT2D eigenvalue weighted by molar-refractivity contribution is -0.153. The van der Waals surface area contributed by atoms with Crippen LogP contribution in [0.1, 0.15) is 57.2 Å². The van der Waals surface area contributed by atoms with Gasteiger partial charge in [-0.15, -0.1) is 11.3 Å². The molecule has 5 rings (SSSR count). The fourth-order valence-corrected chi connectivity index (χ4v) is 7.38. The van der Waals surface area contributed by atoms with Crippen molar-refractivity contribution in [1.29, 1.82) is 0 Å². The van der Waals surface area contributed by atoms with E-state index in [1.165, 1.54) is 43.4 Å². The molecule has 3 unspecified atom stereocenters. The Morgan fingerprint density at radius 1 is 1.25 bits per heavy atom. The lowest BCUT2D eigenvalue weighted by Crippen LogP contribution is -2.61. The molecule has 20 heavy (non-hydrogen) atoms. The largest absolute Gasteiger partial charge is 0.327 e. The number of rotatable bonds is 3. The number of thiazole rings is 1. The van der Waals surface area contributed by atoms with Gasteiger partial charge >= 0.3 is 0 Å². The summed E-state index contributed by atoms with van der Waals surface area (Å²) in [4.78, 5) is 5.58. The summed E-state index contributed by atoms with van der Waals surface area (Å²) in [5.74, 6) is 0.939. The maximum absolute atomic E-state index is 6.76. The summed E-state index contributed by atoms with van der Waals surface area (Å²) in [6.45, 7) is 5.06. The van der Waals surface area contributed by atoms with Crippen LogP contribution in [0.2, 0.25) is 0 Å². The zero-order chi connectivity index (χ0) is 14.0. The molecule has 1 aromatic heterocycles. The second kappa shape index (κ2) is 4.07. The fourth-order valence-electron chi connectivity index (χ4n) is 6.73. The molecule has 0 aliphatic heterocycles. The Bertz CT molecular complexity index is 491. The minimum absolute atomic E-state index is 0.324. The van der Waals surface area contributed by atoms with Crippen molar-refractivity contribution in [1.82, 2.24) is 4.98 Å². The van der Waals surface area contributed by atoms with Crippen molar-refractivity contribution in [3.8, 4) is 0 Å². The Morgan fingerprint density at radius 2 is 1.95 bits per heavy atom. The Morgan fingerprint density at radius 3 is 2.50 bits per heavy atom. The van der Waals surface area contributed by atoms with E-state index in [0.29, 0.717) is 22.3 Å². The first-order chi connectivity index (χ1) is 9.41. The van der Waals surface area contributed by atoms with Gasteiger partial charge in [0.1, 0.15) is 0 Å². The van der Waals surface area contributed by atoms with Crippen LogP contribution < -0.4 is 5.73 Å². The van der Waals surface area contributed by atoms with Gasteiger partial charge in [0.05, 0.1) is 5.51 Å². The summed E-state index contributed by atoms with van der Waals surface area (Å²) in [5.41, 5.74) is 10.2. The molecule has 4 aliphatic rings. The first-order valence-corrected chi connectivity index (χ1v) is 8.92. The number of hydrogen-bond donors (Lipinski definition) is 1. The topological polar surface area (TPSA) is 38.9 Å². The predicted octanol–water partition coefficient (Wildman–Crippen LogP) is 4.01. The predicted molar refractivity (Wildman–Crippen MR) is 83.6 cm³/mol. The van der Waals surface area contributed by atoms with Crippen LogP contribution in [0, 0.1) is 22.2 Å². The summed E-state index contributed by atoms with van der Waals surface area (Å²) < 4.78 is 0. The van der Waals surface area contributed by atoms with E-state index in [0.717, 1.165) is 12.3 Å². The second-order valence-electron chi connectivity index (χ2n) is 8.77. The van der Waals surface area contributed by atoms with E-state index in [9.17, 15) is 0 Å². The molecule has 4 saturated carbocycles. The van der Waals surface area contributed by atoms with Crippen molar-refractivity contribution < 1.29 is 0 Å². The van der Waals surface area contributed by atoms with E-state index in [4.69, 9.17) is 5.73 Å². The van der Waals surface area contributed by atoms with E-state index in [1.54, 1.807) is 11.3 Å². The third-order valence-corrected chi connectivity index (χ3v) is 7.16. The summed E-state index contributed by atoms with van der Waals surface area (Å²) in [7, 11) is 0. The molecule has 0 saturated heterocycles. The molecule has 4 aliphatic carbocycles. The molecular weight excluding hydrogens is 264 g/mol. The third kappa shape index (κ3) is 1.97. The molecule has 3 heteroatoms. The molecule has 0 aromatic carbocycles. The van der Waals surface area contributed by atoms with Gasteiger partial charge in [0.25, 0.3) is 0 Å². The van der Waals surface area contributed by atoms with Gasteiger partial charge < -0.3 is 5.73 Å². The maximum Gasteiger partial charge on any atom is 0.0794 e. The van der Waals surface area contributed by atoms with Crippen LogP contribution in [0.5, 0.6) is 0 Å². The molecule has 4 fully saturated rings. The average molecular weight is 290 g/mol. The third-order valence-electron chi connectivity index (χ3n) is 6.36. The highest BCUT2D eigenvalue weighted by atomic mass is 32.1. The molecule has 4 bridgehead atoms. The van der Waals surface area contributed by atoms with Gasteiger partial charge in [-0.1, -0.05) is 13.8 Å². The molecule has 2 nitrogen and oxygen atoms in total. The molecule has 110 valence electrons. The van der Waals surface area contributed by atoms with E-state index < -0.39 is 0 Å². The summed E-state index contributed by atoms with van der Waals surface area (Å²) in [6.07, 6.45) is 11.5. The Hall–Kier alpha value is -0.410. The molecular formula is C17H26N2S. The minimum Gasteiger partial charge on any atom is -0.327 e. The van der Waals surface area contributed by atoms with Gasteiger partial charge in [-0.25, -0.2) is 0 Å². The normalized spacial score (nSPS) is 47.6. The van der Waals surface area contributed by atoms with E-state index in [2.05, 4.69) is 18.8 Å². The Balaban J connectivity index is 1.63. The first-order valence-electron chi connectivity index (χ1n) is 8.04. The van der Waals surface area contributed by atoms with Crippen LogP contribution in [-0.4, -0.2) is 11.0 Å². The number of aromatic nitrogens is 1. The highest BCUT2D eigenvalue weighted by Gasteiger charge is 2.61. The summed E-state index contributed by atoms with van der Waals surface area (Å²) in [6, 6.07) is 0.324. The van der Waals surface area contributed by atoms with Crippen molar-refractivity contribution in [2.45, 2.75) is 64.8 Å². The number of nitrogens with zero attached hydrogens (tertiary/aromatic N) is 1. The quantitative estimate of drug-likeness (QED) is 0.913. The van der Waals surface area contributed by atoms with E-state index in [-0.39, 0.29) is 0 Å². The van der Waals surface area contributed by atoms with Gasteiger partial charge in [-0.3, -0.25) is 4.98 Å². The lowest BCUT2D eigenvalue weighted by atomic mass is 9.39. The first kappa shape index (κ1) is 13.3. The van der Waals surface area contributed by atoms with E-state index >= 15 is 0 Å². The molecule has 3 atom stereocenters. The Kier molecular flexibility index (Phi) is 2.70. The van der Waals surface area contributed by atoms with Crippen LogP contribution in [-0.2, 0) is 6.42 Å². The summed E-state index contributed by atoms with van der Waals surface area (Å²) >= 11 is 1.76. The Labute approximate surface area is 126 Å². The maximum atomic E-state index is 6.76. The second-order valence-corrected chi connectivity index (χ2v) is 9.74. The van der Waals surface area contributed by atoms with Crippen molar-refractivity contribution in [2.24, 2.45) is 27.9 Å². The van der Waals surface area contributed by atoms with Crippen molar-refractivity contribution >= 4 is 11.3 Å². The molecule has 0 spiro atoms.